The van der Waals surface area contributed by atoms with Crippen LogP contribution in [0.3, 0.4) is 0 Å². The van der Waals surface area contributed by atoms with E-state index >= 15 is 0 Å². The molecule has 0 aliphatic carbocycles. The zero-order valence-electron chi connectivity index (χ0n) is 5.33. The summed E-state index contributed by atoms with van der Waals surface area (Å²) in [6.45, 7) is 1.42. The number of hydrogen-bond acceptors (Lipinski definition) is 2. The highest BCUT2D eigenvalue weighted by Crippen LogP contribution is 2.05. The van der Waals surface area contributed by atoms with Gasteiger partial charge in [-0.1, -0.05) is 0 Å². The fourth-order valence-corrected chi connectivity index (χ4v) is 0.921. The highest BCUT2D eigenvalue weighted by Gasteiger charge is 1.90. The molecule has 58 valence electrons. The van der Waals surface area contributed by atoms with Crippen LogP contribution in [0.4, 0.5) is 0 Å². The normalized spacial score (nSPS) is 9.00. The number of rotatable bonds is 2. The van der Waals surface area contributed by atoms with E-state index in [-0.39, 0.29) is 12.4 Å². The summed E-state index contributed by atoms with van der Waals surface area (Å²) in [5.74, 6) is 0. The number of halogens is 2. The maximum absolute atomic E-state index is 5.29. The van der Waals surface area contributed by atoms with Crippen molar-refractivity contribution in [2.75, 3.05) is 6.54 Å². The van der Waals surface area contributed by atoms with E-state index in [0.29, 0.717) is 6.54 Å². The van der Waals surface area contributed by atoms with Crippen LogP contribution in [0, 0.1) is 0 Å². The van der Waals surface area contributed by atoms with Crippen LogP contribution < -0.4 is 5.73 Å². The monoisotopic (exact) mass is 225 g/mol. The Hall–Kier alpha value is -0.0600. The van der Waals surface area contributed by atoms with Crippen molar-refractivity contribution >= 4 is 28.3 Å². The molecule has 0 radical (unpaired) electrons. The SMILES string of the molecule is Cl.NCCn1cc(Br)cn1. The van der Waals surface area contributed by atoms with Crippen LogP contribution in [-0.2, 0) is 6.54 Å². The smallest absolute Gasteiger partial charge is 0.0632 e. The topological polar surface area (TPSA) is 43.8 Å². The third-order valence-corrected chi connectivity index (χ3v) is 1.37. The van der Waals surface area contributed by atoms with Crippen molar-refractivity contribution in [2.45, 2.75) is 6.54 Å². The van der Waals surface area contributed by atoms with E-state index in [0.717, 1.165) is 11.0 Å². The van der Waals surface area contributed by atoms with Gasteiger partial charge >= 0.3 is 0 Å². The predicted octanol–water partition coefficient (Wildman–Crippen LogP) is 1.03. The van der Waals surface area contributed by atoms with Gasteiger partial charge in [-0.25, -0.2) is 0 Å². The molecular formula is C5H9BrClN3. The van der Waals surface area contributed by atoms with Crippen molar-refractivity contribution in [2.24, 2.45) is 5.73 Å². The molecule has 0 unspecified atom stereocenters. The van der Waals surface area contributed by atoms with Crippen molar-refractivity contribution in [1.29, 1.82) is 0 Å². The Morgan fingerprint density at radius 2 is 2.40 bits per heavy atom. The molecule has 1 rings (SSSR count). The molecule has 0 aromatic carbocycles. The second kappa shape index (κ2) is 4.71. The molecule has 0 atom stereocenters. The number of nitrogens with zero attached hydrogens (tertiary/aromatic N) is 2. The lowest BCUT2D eigenvalue weighted by atomic mass is 10.6. The first-order valence-electron chi connectivity index (χ1n) is 2.71. The van der Waals surface area contributed by atoms with Gasteiger partial charge in [0.25, 0.3) is 0 Å². The number of hydrogen-bond donors (Lipinski definition) is 1. The fourth-order valence-electron chi connectivity index (χ4n) is 0.593. The molecule has 0 aliphatic rings. The van der Waals surface area contributed by atoms with E-state index in [1.54, 1.807) is 10.9 Å². The Morgan fingerprint density at radius 3 is 2.80 bits per heavy atom. The molecule has 0 saturated carbocycles. The summed E-state index contributed by atoms with van der Waals surface area (Å²) in [5.41, 5.74) is 5.29. The highest BCUT2D eigenvalue weighted by atomic mass is 79.9. The van der Waals surface area contributed by atoms with Crippen LogP contribution in [0.1, 0.15) is 0 Å². The molecule has 0 aliphatic heterocycles. The summed E-state index contributed by atoms with van der Waals surface area (Å²) in [6, 6.07) is 0. The maximum atomic E-state index is 5.29. The average molecular weight is 227 g/mol. The Bertz CT molecular complexity index is 189. The molecule has 0 saturated heterocycles. The summed E-state index contributed by atoms with van der Waals surface area (Å²) < 4.78 is 2.79. The summed E-state index contributed by atoms with van der Waals surface area (Å²) in [6.07, 6.45) is 3.64. The van der Waals surface area contributed by atoms with Gasteiger partial charge in [-0.15, -0.1) is 12.4 Å². The minimum atomic E-state index is 0. The second-order valence-electron chi connectivity index (χ2n) is 1.71. The standard InChI is InChI=1S/C5H8BrN3.ClH/c6-5-3-8-9(4-5)2-1-7;/h3-4H,1-2,7H2;1H. The summed E-state index contributed by atoms with van der Waals surface area (Å²) in [5, 5.41) is 4.00. The lowest BCUT2D eigenvalue weighted by molar-refractivity contribution is 0.625. The van der Waals surface area contributed by atoms with Gasteiger partial charge < -0.3 is 5.73 Å². The highest BCUT2D eigenvalue weighted by molar-refractivity contribution is 9.10. The first-order chi connectivity index (χ1) is 4.33. The van der Waals surface area contributed by atoms with Gasteiger partial charge in [-0.3, -0.25) is 4.68 Å². The minimum Gasteiger partial charge on any atom is -0.329 e. The van der Waals surface area contributed by atoms with Gasteiger partial charge in [-0.05, 0) is 15.9 Å². The Balaban J connectivity index is 0.000000810. The second-order valence-corrected chi connectivity index (χ2v) is 2.63. The molecule has 0 amide bonds. The van der Waals surface area contributed by atoms with Gasteiger partial charge in [-0.2, -0.15) is 5.10 Å². The zero-order chi connectivity index (χ0) is 6.69. The van der Waals surface area contributed by atoms with E-state index in [9.17, 15) is 0 Å². The minimum absolute atomic E-state index is 0. The van der Waals surface area contributed by atoms with Crippen molar-refractivity contribution in [1.82, 2.24) is 9.78 Å². The summed E-state index contributed by atoms with van der Waals surface area (Å²) in [4.78, 5) is 0. The summed E-state index contributed by atoms with van der Waals surface area (Å²) in [7, 11) is 0. The largest absolute Gasteiger partial charge is 0.329 e. The van der Waals surface area contributed by atoms with Crippen LogP contribution in [0.15, 0.2) is 16.9 Å². The van der Waals surface area contributed by atoms with Gasteiger partial charge in [0, 0.05) is 12.7 Å². The first-order valence-corrected chi connectivity index (χ1v) is 3.50. The van der Waals surface area contributed by atoms with Gasteiger partial charge in [0.1, 0.15) is 0 Å². The van der Waals surface area contributed by atoms with Crippen molar-refractivity contribution in [3.05, 3.63) is 16.9 Å². The molecule has 0 fully saturated rings. The third-order valence-electron chi connectivity index (χ3n) is 0.960. The molecule has 1 aromatic rings. The first kappa shape index (κ1) is 9.94. The maximum Gasteiger partial charge on any atom is 0.0632 e. The quantitative estimate of drug-likeness (QED) is 0.818. The van der Waals surface area contributed by atoms with Crippen molar-refractivity contribution in [3.63, 3.8) is 0 Å². The zero-order valence-corrected chi connectivity index (χ0v) is 7.73. The molecule has 5 heteroatoms. The predicted molar refractivity (Wildman–Crippen MR) is 46.2 cm³/mol. The van der Waals surface area contributed by atoms with Crippen molar-refractivity contribution < 1.29 is 0 Å². The molecule has 0 spiro atoms. The van der Waals surface area contributed by atoms with E-state index in [1.807, 2.05) is 6.20 Å². The molecular weight excluding hydrogens is 217 g/mol. The molecule has 0 bridgehead atoms. The Labute approximate surface area is 74.1 Å². The number of nitrogens with two attached hydrogens (primary N) is 1. The molecule has 1 heterocycles. The molecule has 1 aromatic heterocycles. The van der Waals surface area contributed by atoms with Gasteiger partial charge in [0.15, 0.2) is 0 Å². The van der Waals surface area contributed by atoms with E-state index in [2.05, 4.69) is 21.0 Å². The van der Waals surface area contributed by atoms with Crippen molar-refractivity contribution in [3.8, 4) is 0 Å². The fraction of sp³-hybridized carbons (Fsp3) is 0.400. The van der Waals surface area contributed by atoms with Crippen LogP contribution in [0.2, 0.25) is 0 Å². The van der Waals surface area contributed by atoms with Gasteiger partial charge in [0.05, 0.1) is 17.2 Å². The van der Waals surface area contributed by atoms with Gasteiger partial charge in [0.2, 0.25) is 0 Å². The lowest BCUT2D eigenvalue weighted by Gasteiger charge is -1.93. The van der Waals surface area contributed by atoms with Crippen LogP contribution in [-0.4, -0.2) is 16.3 Å². The Morgan fingerprint density at radius 1 is 1.70 bits per heavy atom. The third kappa shape index (κ3) is 2.68. The van der Waals surface area contributed by atoms with E-state index < -0.39 is 0 Å². The van der Waals surface area contributed by atoms with E-state index in [1.165, 1.54) is 0 Å². The molecule has 3 nitrogen and oxygen atoms in total. The van der Waals surface area contributed by atoms with Crippen LogP contribution in [0.5, 0.6) is 0 Å². The van der Waals surface area contributed by atoms with E-state index in [4.69, 9.17) is 5.73 Å². The average Bonchev–Trinajstić information content (AvgIpc) is 2.17. The lowest BCUT2D eigenvalue weighted by Crippen LogP contribution is -2.09. The number of aromatic nitrogens is 2. The molecule has 10 heavy (non-hydrogen) atoms. The van der Waals surface area contributed by atoms with Crippen LogP contribution >= 0.6 is 28.3 Å². The Kier molecular flexibility index (Phi) is 4.68. The van der Waals surface area contributed by atoms with Crippen LogP contribution in [0.25, 0.3) is 0 Å². The summed E-state index contributed by atoms with van der Waals surface area (Å²) >= 11 is 3.28. The molecule has 2 N–H and O–H groups in total.